The van der Waals surface area contributed by atoms with Crippen LogP contribution in [0.15, 0.2) is 18.2 Å². The van der Waals surface area contributed by atoms with Crippen LogP contribution in [0.4, 0.5) is 18.9 Å². The molecule has 9 heteroatoms. The maximum Gasteiger partial charge on any atom is 0.471 e. The van der Waals surface area contributed by atoms with E-state index in [9.17, 15) is 22.8 Å². The Labute approximate surface area is 115 Å². The summed E-state index contributed by atoms with van der Waals surface area (Å²) >= 11 is 11.3. The first-order valence-electron chi connectivity index (χ1n) is 4.79. The van der Waals surface area contributed by atoms with Crippen LogP contribution in [-0.2, 0) is 9.59 Å². The van der Waals surface area contributed by atoms with Crippen molar-refractivity contribution in [2.24, 2.45) is 0 Å². The van der Waals surface area contributed by atoms with Gasteiger partial charge in [0.2, 0.25) is 5.91 Å². The Bertz CT molecular complexity index is 486. The van der Waals surface area contributed by atoms with Crippen molar-refractivity contribution < 1.29 is 22.8 Å². The summed E-state index contributed by atoms with van der Waals surface area (Å²) in [6.07, 6.45) is -5.03. The minimum atomic E-state index is -5.03. The van der Waals surface area contributed by atoms with Crippen LogP contribution >= 0.6 is 23.2 Å². The molecule has 19 heavy (non-hydrogen) atoms. The van der Waals surface area contributed by atoms with E-state index in [4.69, 9.17) is 23.2 Å². The number of carbonyl (C=O) groups excluding carboxylic acids is 2. The number of alkyl halides is 3. The molecule has 0 bridgehead atoms. The van der Waals surface area contributed by atoms with Crippen LogP contribution in [-0.4, -0.2) is 24.5 Å². The van der Waals surface area contributed by atoms with Gasteiger partial charge in [-0.25, -0.2) is 0 Å². The van der Waals surface area contributed by atoms with E-state index < -0.39 is 24.5 Å². The molecule has 0 saturated heterocycles. The molecule has 0 aliphatic rings. The Morgan fingerprint density at radius 2 is 1.63 bits per heavy atom. The van der Waals surface area contributed by atoms with Gasteiger partial charge in [-0.15, -0.1) is 0 Å². The Kier molecular flexibility index (Phi) is 5.02. The van der Waals surface area contributed by atoms with Gasteiger partial charge in [0.05, 0.1) is 6.54 Å². The number of nitrogens with one attached hydrogen (secondary N) is 2. The number of hydrogen-bond donors (Lipinski definition) is 2. The largest absolute Gasteiger partial charge is 0.471 e. The molecule has 0 unspecified atom stereocenters. The fourth-order valence-corrected chi connectivity index (χ4v) is 1.62. The molecule has 0 saturated carbocycles. The zero-order valence-electron chi connectivity index (χ0n) is 9.15. The third kappa shape index (κ3) is 5.35. The highest BCUT2D eigenvalue weighted by atomic mass is 35.5. The molecule has 1 aromatic carbocycles. The number of hydrogen-bond acceptors (Lipinski definition) is 2. The van der Waals surface area contributed by atoms with Crippen molar-refractivity contribution in [3.63, 3.8) is 0 Å². The number of benzene rings is 1. The molecule has 0 aliphatic carbocycles. The van der Waals surface area contributed by atoms with E-state index in [-0.39, 0.29) is 15.7 Å². The molecule has 0 heterocycles. The van der Waals surface area contributed by atoms with Gasteiger partial charge >= 0.3 is 12.1 Å². The molecule has 0 radical (unpaired) electrons. The Balaban J connectivity index is 2.54. The summed E-state index contributed by atoms with van der Waals surface area (Å²) in [5.41, 5.74) is 0.212. The zero-order valence-corrected chi connectivity index (χ0v) is 10.7. The lowest BCUT2D eigenvalue weighted by Gasteiger charge is -2.09. The summed E-state index contributed by atoms with van der Waals surface area (Å²) in [4.78, 5) is 21.8. The summed E-state index contributed by atoms with van der Waals surface area (Å²) in [5, 5.41) is 4.17. The monoisotopic (exact) mass is 314 g/mol. The van der Waals surface area contributed by atoms with Gasteiger partial charge in [0.15, 0.2) is 0 Å². The van der Waals surface area contributed by atoms with E-state index >= 15 is 0 Å². The van der Waals surface area contributed by atoms with E-state index in [0.717, 1.165) is 0 Å². The van der Waals surface area contributed by atoms with Crippen molar-refractivity contribution in [3.05, 3.63) is 28.2 Å². The molecule has 0 fully saturated rings. The van der Waals surface area contributed by atoms with Crippen molar-refractivity contribution in [3.8, 4) is 0 Å². The zero-order chi connectivity index (χ0) is 14.6. The van der Waals surface area contributed by atoms with Gasteiger partial charge in [0, 0.05) is 15.7 Å². The maximum atomic E-state index is 11.9. The lowest BCUT2D eigenvalue weighted by atomic mass is 10.3. The topological polar surface area (TPSA) is 58.2 Å². The first-order valence-corrected chi connectivity index (χ1v) is 5.55. The predicted octanol–water partition coefficient (Wildman–Crippen LogP) is 2.61. The highest BCUT2D eigenvalue weighted by Crippen LogP contribution is 2.22. The summed E-state index contributed by atoms with van der Waals surface area (Å²) < 4.78 is 35.6. The molecule has 2 amide bonds. The Morgan fingerprint density at radius 1 is 1.11 bits per heavy atom. The molecule has 2 N–H and O–H groups in total. The highest BCUT2D eigenvalue weighted by Gasteiger charge is 2.38. The summed E-state index contributed by atoms with van der Waals surface area (Å²) in [5.74, 6) is -3.03. The highest BCUT2D eigenvalue weighted by molar-refractivity contribution is 6.35. The normalized spacial score (nSPS) is 11.0. The Hall–Kier alpha value is -1.47. The van der Waals surface area contributed by atoms with Gasteiger partial charge < -0.3 is 10.6 Å². The number of amides is 2. The van der Waals surface area contributed by atoms with Gasteiger partial charge in [-0.05, 0) is 18.2 Å². The molecule has 1 aromatic rings. The fraction of sp³-hybridized carbons (Fsp3) is 0.200. The van der Waals surface area contributed by atoms with Crippen molar-refractivity contribution in [1.29, 1.82) is 0 Å². The van der Waals surface area contributed by atoms with Gasteiger partial charge in [0.1, 0.15) is 0 Å². The lowest BCUT2D eigenvalue weighted by Crippen LogP contribution is -2.41. The number of rotatable bonds is 3. The van der Waals surface area contributed by atoms with E-state index in [1.807, 2.05) is 0 Å². The third-order valence-corrected chi connectivity index (χ3v) is 2.25. The molecule has 104 valence electrons. The molecule has 4 nitrogen and oxygen atoms in total. The molecule has 1 rings (SSSR count). The van der Waals surface area contributed by atoms with Gasteiger partial charge in [-0.2, -0.15) is 13.2 Å². The molecule has 0 aromatic heterocycles. The van der Waals surface area contributed by atoms with Gasteiger partial charge in [0.25, 0.3) is 0 Å². The maximum absolute atomic E-state index is 11.9. The summed E-state index contributed by atoms with van der Waals surface area (Å²) in [7, 11) is 0. The second-order valence-corrected chi connectivity index (χ2v) is 4.26. The minimum Gasteiger partial charge on any atom is -0.339 e. The van der Waals surface area contributed by atoms with Crippen molar-refractivity contribution >= 4 is 40.7 Å². The minimum absolute atomic E-state index is 0.212. The predicted molar refractivity (Wildman–Crippen MR) is 64.2 cm³/mol. The average Bonchev–Trinajstić information content (AvgIpc) is 2.22. The summed E-state index contributed by atoms with van der Waals surface area (Å²) in [6.45, 7) is -0.817. The smallest absolute Gasteiger partial charge is 0.339 e. The molecule has 0 atom stereocenters. The van der Waals surface area contributed by atoms with Crippen LogP contribution in [0, 0.1) is 0 Å². The van der Waals surface area contributed by atoms with Crippen LogP contribution in [0.25, 0.3) is 0 Å². The molecular weight excluding hydrogens is 308 g/mol. The van der Waals surface area contributed by atoms with Crippen molar-refractivity contribution in [2.75, 3.05) is 11.9 Å². The Morgan fingerprint density at radius 3 is 2.11 bits per heavy atom. The van der Waals surface area contributed by atoms with E-state index in [2.05, 4.69) is 5.32 Å². The number of halogens is 5. The van der Waals surface area contributed by atoms with Gasteiger partial charge in [-0.1, -0.05) is 23.2 Å². The average molecular weight is 315 g/mol. The van der Waals surface area contributed by atoms with Crippen LogP contribution in [0.3, 0.4) is 0 Å². The lowest BCUT2D eigenvalue weighted by molar-refractivity contribution is -0.173. The SMILES string of the molecule is O=C(CNC(=O)C(F)(F)F)Nc1cc(Cl)cc(Cl)c1. The van der Waals surface area contributed by atoms with Crippen LogP contribution in [0.1, 0.15) is 0 Å². The number of anilines is 1. The fourth-order valence-electron chi connectivity index (χ4n) is 1.09. The van der Waals surface area contributed by atoms with Crippen LogP contribution < -0.4 is 10.6 Å². The van der Waals surface area contributed by atoms with E-state index in [1.54, 1.807) is 0 Å². The van der Waals surface area contributed by atoms with Crippen LogP contribution in [0.5, 0.6) is 0 Å². The van der Waals surface area contributed by atoms with Crippen molar-refractivity contribution in [1.82, 2.24) is 5.32 Å². The quantitative estimate of drug-likeness (QED) is 0.901. The second kappa shape index (κ2) is 6.12. The first-order chi connectivity index (χ1) is 8.68. The molecular formula is C10H7Cl2F3N2O2. The molecule has 0 spiro atoms. The second-order valence-electron chi connectivity index (χ2n) is 3.39. The van der Waals surface area contributed by atoms with E-state index in [0.29, 0.717) is 0 Å². The van der Waals surface area contributed by atoms with Crippen molar-refractivity contribution in [2.45, 2.75) is 6.18 Å². The first kappa shape index (κ1) is 15.6. The standard InChI is InChI=1S/C10H7Cl2F3N2O2/c11-5-1-6(12)3-7(2-5)17-8(18)4-16-9(19)10(13,14)15/h1-3H,4H2,(H,16,19)(H,17,18). The third-order valence-electron chi connectivity index (χ3n) is 1.81. The molecule has 0 aliphatic heterocycles. The van der Waals surface area contributed by atoms with E-state index in [1.165, 1.54) is 23.5 Å². The summed E-state index contributed by atoms with van der Waals surface area (Å²) in [6, 6.07) is 4.14. The number of carbonyl (C=O) groups is 2. The van der Waals surface area contributed by atoms with Crippen LogP contribution in [0.2, 0.25) is 10.0 Å². The van der Waals surface area contributed by atoms with Gasteiger partial charge in [-0.3, -0.25) is 9.59 Å².